The van der Waals surface area contributed by atoms with Crippen LogP contribution >= 0.6 is 0 Å². The van der Waals surface area contributed by atoms with Crippen molar-refractivity contribution in [2.45, 2.75) is 19.8 Å². The number of halogens is 1. The molecule has 0 aliphatic carbocycles. The molecular formula is C23H23FN4O. The van der Waals surface area contributed by atoms with Crippen LogP contribution in [0.25, 0.3) is 11.3 Å². The summed E-state index contributed by atoms with van der Waals surface area (Å²) in [5.74, 6) is 0.263. The van der Waals surface area contributed by atoms with Crippen LogP contribution in [0.4, 0.5) is 15.9 Å². The van der Waals surface area contributed by atoms with E-state index in [9.17, 15) is 9.18 Å². The van der Waals surface area contributed by atoms with Crippen molar-refractivity contribution >= 4 is 17.4 Å². The second-order valence-corrected chi connectivity index (χ2v) is 7.37. The topological polar surface area (TPSA) is 58.1 Å². The Bertz CT molecular complexity index is 989. The van der Waals surface area contributed by atoms with Crippen molar-refractivity contribution in [3.8, 4) is 11.3 Å². The van der Waals surface area contributed by atoms with Crippen LogP contribution in [0, 0.1) is 18.7 Å². The third-order valence-electron chi connectivity index (χ3n) is 5.30. The monoisotopic (exact) mass is 390 g/mol. The van der Waals surface area contributed by atoms with Gasteiger partial charge in [-0.1, -0.05) is 24.3 Å². The molecule has 148 valence electrons. The van der Waals surface area contributed by atoms with Crippen molar-refractivity contribution in [2.24, 2.45) is 5.92 Å². The molecular weight excluding hydrogens is 367 g/mol. The number of nitrogens with one attached hydrogen (secondary N) is 1. The molecule has 5 nitrogen and oxygen atoms in total. The molecule has 0 unspecified atom stereocenters. The van der Waals surface area contributed by atoms with Gasteiger partial charge in [-0.2, -0.15) is 0 Å². The molecule has 1 aromatic heterocycles. The highest BCUT2D eigenvalue weighted by Gasteiger charge is 2.27. The van der Waals surface area contributed by atoms with Crippen LogP contribution in [-0.2, 0) is 4.79 Å². The third kappa shape index (κ3) is 4.42. The molecule has 1 aliphatic rings. The predicted molar refractivity (Wildman–Crippen MR) is 112 cm³/mol. The quantitative estimate of drug-likeness (QED) is 0.715. The van der Waals surface area contributed by atoms with Crippen LogP contribution < -0.4 is 10.2 Å². The summed E-state index contributed by atoms with van der Waals surface area (Å²) in [4.78, 5) is 14.7. The molecule has 1 aliphatic heterocycles. The van der Waals surface area contributed by atoms with Crippen LogP contribution in [0.2, 0.25) is 0 Å². The van der Waals surface area contributed by atoms with Crippen molar-refractivity contribution in [3.63, 3.8) is 0 Å². The van der Waals surface area contributed by atoms with Crippen LogP contribution in [0.5, 0.6) is 0 Å². The zero-order valence-electron chi connectivity index (χ0n) is 16.3. The van der Waals surface area contributed by atoms with E-state index in [1.807, 2.05) is 30.3 Å². The number of aryl methyl sites for hydroxylation is 1. The summed E-state index contributed by atoms with van der Waals surface area (Å²) in [6.45, 7) is 3.49. The molecule has 1 amide bonds. The van der Waals surface area contributed by atoms with Gasteiger partial charge in [0, 0.05) is 24.3 Å². The Balaban J connectivity index is 1.43. The molecule has 2 heterocycles. The van der Waals surface area contributed by atoms with Gasteiger partial charge in [-0.15, -0.1) is 10.2 Å². The number of nitrogens with zero attached hydrogens (tertiary/aromatic N) is 3. The third-order valence-corrected chi connectivity index (χ3v) is 5.30. The fraction of sp³-hybridized carbons (Fsp3) is 0.261. The highest BCUT2D eigenvalue weighted by Crippen LogP contribution is 2.25. The average Bonchev–Trinajstić information content (AvgIpc) is 2.76. The van der Waals surface area contributed by atoms with E-state index in [0.717, 1.165) is 42.0 Å². The zero-order chi connectivity index (χ0) is 20.2. The maximum absolute atomic E-state index is 13.0. The molecule has 4 rings (SSSR count). The smallest absolute Gasteiger partial charge is 0.229 e. The first-order valence-electron chi connectivity index (χ1n) is 9.81. The molecule has 0 bridgehead atoms. The molecule has 6 heteroatoms. The Morgan fingerprint density at radius 2 is 1.86 bits per heavy atom. The number of carbonyl (C=O) groups excluding carboxylic acids is 1. The van der Waals surface area contributed by atoms with Crippen molar-refractivity contribution in [1.29, 1.82) is 0 Å². The molecule has 1 fully saturated rings. The zero-order valence-corrected chi connectivity index (χ0v) is 16.3. The normalized spacial score (nSPS) is 16.5. The number of anilines is 2. The van der Waals surface area contributed by atoms with E-state index in [0.29, 0.717) is 12.2 Å². The van der Waals surface area contributed by atoms with E-state index in [1.54, 1.807) is 12.1 Å². The first-order valence-corrected chi connectivity index (χ1v) is 9.81. The Labute approximate surface area is 169 Å². The molecule has 29 heavy (non-hydrogen) atoms. The van der Waals surface area contributed by atoms with Crippen LogP contribution in [0.1, 0.15) is 18.4 Å². The molecule has 0 spiro atoms. The Hall–Kier alpha value is -3.28. The molecule has 3 aromatic rings. The fourth-order valence-corrected chi connectivity index (χ4v) is 3.67. The van der Waals surface area contributed by atoms with E-state index in [-0.39, 0.29) is 17.6 Å². The first-order chi connectivity index (χ1) is 14.1. The molecule has 1 saturated heterocycles. The lowest BCUT2D eigenvalue weighted by atomic mass is 9.97. The first kappa shape index (κ1) is 19.1. The van der Waals surface area contributed by atoms with Gasteiger partial charge in [-0.25, -0.2) is 4.39 Å². The highest BCUT2D eigenvalue weighted by atomic mass is 19.1. The van der Waals surface area contributed by atoms with Crippen LogP contribution in [0.3, 0.4) is 0 Å². The van der Waals surface area contributed by atoms with Crippen molar-refractivity contribution < 1.29 is 9.18 Å². The average molecular weight is 390 g/mol. The summed E-state index contributed by atoms with van der Waals surface area (Å²) in [6.07, 6.45) is 1.72. The second kappa shape index (κ2) is 8.39. The minimum atomic E-state index is -0.320. The number of amides is 1. The van der Waals surface area contributed by atoms with Gasteiger partial charge in [-0.05, 0) is 61.7 Å². The van der Waals surface area contributed by atoms with Gasteiger partial charge in [0.15, 0.2) is 5.82 Å². The predicted octanol–water partition coefficient (Wildman–Crippen LogP) is 4.45. The van der Waals surface area contributed by atoms with Crippen LogP contribution in [0.15, 0.2) is 60.7 Å². The summed E-state index contributed by atoms with van der Waals surface area (Å²) < 4.78 is 13.0. The lowest BCUT2D eigenvalue weighted by molar-refractivity contribution is -0.120. The van der Waals surface area contributed by atoms with Crippen molar-refractivity contribution in [2.75, 3.05) is 23.3 Å². The van der Waals surface area contributed by atoms with E-state index >= 15 is 0 Å². The summed E-state index contributed by atoms with van der Waals surface area (Å²) in [7, 11) is 0. The Morgan fingerprint density at radius 3 is 2.59 bits per heavy atom. The summed E-state index contributed by atoms with van der Waals surface area (Å²) in [6, 6.07) is 17.9. The number of hydrogen-bond donors (Lipinski definition) is 1. The van der Waals surface area contributed by atoms with Crippen molar-refractivity contribution in [1.82, 2.24) is 10.2 Å². The number of carbonyl (C=O) groups is 1. The molecule has 2 aromatic carbocycles. The summed E-state index contributed by atoms with van der Waals surface area (Å²) in [5.41, 5.74) is 3.68. The molecule has 1 N–H and O–H groups in total. The minimum Gasteiger partial charge on any atom is -0.354 e. The highest BCUT2D eigenvalue weighted by molar-refractivity contribution is 5.93. The van der Waals surface area contributed by atoms with Gasteiger partial charge in [0.1, 0.15) is 5.82 Å². The summed E-state index contributed by atoms with van der Waals surface area (Å²) in [5, 5.41) is 11.7. The lowest BCUT2D eigenvalue weighted by Crippen LogP contribution is -2.41. The molecule has 0 radical (unpaired) electrons. The Morgan fingerprint density at radius 1 is 1.07 bits per heavy atom. The maximum atomic E-state index is 13.0. The van der Waals surface area contributed by atoms with E-state index < -0.39 is 0 Å². The van der Waals surface area contributed by atoms with Crippen molar-refractivity contribution in [3.05, 3.63) is 72.0 Å². The number of piperidine rings is 1. The number of aromatic nitrogens is 2. The summed E-state index contributed by atoms with van der Waals surface area (Å²) >= 11 is 0. The van der Waals surface area contributed by atoms with Gasteiger partial charge in [0.05, 0.1) is 11.6 Å². The number of benzene rings is 2. The van der Waals surface area contributed by atoms with Gasteiger partial charge in [0.2, 0.25) is 5.91 Å². The molecule has 0 saturated carbocycles. The van der Waals surface area contributed by atoms with E-state index in [4.69, 9.17) is 0 Å². The fourth-order valence-electron chi connectivity index (χ4n) is 3.67. The maximum Gasteiger partial charge on any atom is 0.229 e. The van der Waals surface area contributed by atoms with E-state index in [2.05, 4.69) is 33.4 Å². The second-order valence-electron chi connectivity index (χ2n) is 7.37. The lowest BCUT2D eigenvalue weighted by Gasteiger charge is -2.32. The Kier molecular flexibility index (Phi) is 5.51. The SMILES string of the molecule is Cc1ccccc1-c1ccc(N2CCC[C@@H](C(=O)Nc3ccc(F)cc3)C2)nn1. The van der Waals surface area contributed by atoms with E-state index in [1.165, 1.54) is 12.1 Å². The standard InChI is InChI=1S/C23H23FN4O/c1-16-5-2-3-7-20(16)21-12-13-22(27-26-21)28-14-4-6-17(15-28)23(29)25-19-10-8-18(24)9-11-19/h2-3,5,7-13,17H,4,6,14-15H2,1H3,(H,25,29)/t17-/m1/s1. The van der Waals surface area contributed by atoms with Gasteiger partial charge >= 0.3 is 0 Å². The number of hydrogen-bond acceptors (Lipinski definition) is 4. The molecule has 1 atom stereocenters. The largest absolute Gasteiger partial charge is 0.354 e. The van der Waals surface area contributed by atoms with Gasteiger partial charge < -0.3 is 10.2 Å². The minimum absolute atomic E-state index is 0.0502. The van der Waals surface area contributed by atoms with Gasteiger partial charge in [0.25, 0.3) is 0 Å². The van der Waals surface area contributed by atoms with Gasteiger partial charge in [-0.3, -0.25) is 4.79 Å². The van der Waals surface area contributed by atoms with Crippen LogP contribution in [-0.4, -0.2) is 29.2 Å². The number of rotatable bonds is 4.